The minimum atomic E-state index is 0.841. The van der Waals surface area contributed by atoms with Gasteiger partial charge in [-0.25, -0.2) is 0 Å². The average molecular weight is 247 g/mol. The molecule has 0 aliphatic carbocycles. The van der Waals surface area contributed by atoms with Crippen molar-refractivity contribution in [1.29, 1.82) is 0 Å². The maximum absolute atomic E-state index is 4.36. The Labute approximate surface area is 114 Å². The van der Waals surface area contributed by atoms with Crippen molar-refractivity contribution in [2.45, 2.75) is 6.42 Å². The predicted molar refractivity (Wildman–Crippen MR) is 83.8 cm³/mol. The van der Waals surface area contributed by atoms with Gasteiger partial charge in [0.2, 0.25) is 0 Å². The molecule has 0 atom stereocenters. The average Bonchev–Trinajstić information content (AvgIpc) is 2.48. The molecule has 0 amide bonds. The summed E-state index contributed by atoms with van der Waals surface area (Å²) in [5.41, 5.74) is 2.21. The third-order valence-electron chi connectivity index (χ3n) is 2.57. The van der Waals surface area contributed by atoms with Crippen LogP contribution in [0.15, 0.2) is 83.9 Å². The van der Waals surface area contributed by atoms with E-state index in [1.807, 2.05) is 66.9 Å². The molecule has 2 aromatic rings. The van der Waals surface area contributed by atoms with Gasteiger partial charge in [-0.05, 0) is 17.7 Å². The molecule has 0 heterocycles. The van der Waals surface area contributed by atoms with Crippen molar-refractivity contribution < 1.29 is 0 Å². The van der Waals surface area contributed by atoms with E-state index in [1.54, 1.807) is 0 Å². The second-order valence-electron chi connectivity index (χ2n) is 4.08. The summed E-state index contributed by atoms with van der Waals surface area (Å²) in [6.45, 7) is 0. The van der Waals surface area contributed by atoms with Gasteiger partial charge in [0.05, 0.1) is 5.69 Å². The van der Waals surface area contributed by atoms with Crippen molar-refractivity contribution >= 4 is 18.0 Å². The highest BCUT2D eigenvalue weighted by Gasteiger charge is 1.82. The van der Waals surface area contributed by atoms with E-state index in [4.69, 9.17) is 0 Å². The maximum Gasteiger partial charge on any atom is 0.0625 e. The van der Waals surface area contributed by atoms with Crippen molar-refractivity contribution in [2.75, 3.05) is 0 Å². The summed E-state index contributed by atoms with van der Waals surface area (Å²) >= 11 is 0. The molecule has 0 saturated heterocycles. The Morgan fingerprint density at radius 3 is 2.21 bits per heavy atom. The molecule has 1 nitrogen and oxygen atoms in total. The van der Waals surface area contributed by atoms with Crippen molar-refractivity contribution in [3.63, 3.8) is 0 Å². The van der Waals surface area contributed by atoms with Crippen LogP contribution in [-0.4, -0.2) is 6.21 Å². The van der Waals surface area contributed by atoms with Gasteiger partial charge in [0.15, 0.2) is 0 Å². The number of benzene rings is 2. The summed E-state index contributed by atoms with van der Waals surface area (Å²) < 4.78 is 0. The fourth-order valence-corrected chi connectivity index (χ4v) is 1.62. The molecule has 0 aliphatic heterocycles. The summed E-state index contributed by atoms with van der Waals surface area (Å²) in [6.07, 6.45) is 11.0. The molecule has 0 saturated carbocycles. The third-order valence-corrected chi connectivity index (χ3v) is 2.57. The Bertz CT molecular complexity index is 551. The highest BCUT2D eigenvalue weighted by molar-refractivity contribution is 5.64. The lowest BCUT2D eigenvalue weighted by molar-refractivity contribution is 1.46. The molecule has 0 aromatic heterocycles. The van der Waals surface area contributed by atoms with E-state index in [0.29, 0.717) is 0 Å². The van der Waals surface area contributed by atoms with Crippen LogP contribution in [0.4, 0.5) is 5.69 Å². The molecule has 0 radical (unpaired) electrons. The van der Waals surface area contributed by atoms with E-state index in [9.17, 15) is 0 Å². The lowest BCUT2D eigenvalue weighted by Gasteiger charge is -1.89. The van der Waals surface area contributed by atoms with Gasteiger partial charge in [-0.15, -0.1) is 0 Å². The molecular weight excluding hydrogens is 230 g/mol. The highest BCUT2D eigenvalue weighted by atomic mass is 14.7. The standard InChI is InChI=1S/C18H17N/c1(5-11-17-12-6-3-7-13-17)2-10-16-19-18-14-8-4-9-15-18/h1-9,11-16H,10H2. The number of hydrogen-bond donors (Lipinski definition) is 0. The number of allylic oxidation sites excluding steroid dienone is 3. The van der Waals surface area contributed by atoms with Crippen LogP contribution in [-0.2, 0) is 0 Å². The van der Waals surface area contributed by atoms with Crippen molar-refractivity contribution in [2.24, 2.45) is 4.99 Å². The van der Waals surface area contributed by atoms with Gasteiger partial charge in [-0.2, -0.15) is 0 Å². The van der Waals surface area contributed by atoms with Crippen LogP contribution in [0.3, 0.4) is 0 Å². The van der Waals surface area contributed by atoms with E-state index in [0.717, 1.165) is 12.1 Å². The van der Waals surface area contributed by atoms with Gasteiger partial charge in [0.1, 0.15) is 0 Å². The van der Waals surface area contributed by atoms with Crippen molar-refractivity contribution in [3.05, 3.63) is 84.5 Å². The molecule has 0 fully saturated rings. The van der Waals surface area contributed by atoms with Crippen LogP contribution in [0.1, 0.15) is 12.0 Å². The molecule has 94 valence electrons. The van der Waals surface area contributed by atoms with Crippen LogP contribution >= 0.6 is 0 Å². The lowest BCUT2D eigenvalue weighted by Crippen LogP contribution is -1.70. The Morgan fingerprint density at radius 2 is 1.47 bits per heavy atom. The van der Waals surface area contributed by atoms with E-state index in [1.165, 1.54) is 5.56 Å². The minimum absolute atomic E-state index is 0.841. The first-order valence-electron chi connectivity index (χ1n) is 6.41. The van der Waals surface area contributed by atoms with E-state index >= 15 is 0 Å². The largest absolute Gasteiger partial charge is 0.261 e. The molecule has 0 bridgehead atoms. The third kappa shape index (κ3) is 5.17. The van der Waals surface area contributed by atoms with Crippen LogP contribution in [0.25, 0.3) is 6.08 Å². The molecular formula is C18H17N. The van der Waals surface area contributed by atoms with E-state index < -0.39 is 0 Å². The van der Waals surface area contributed by atoms with Gasteiger partial charge in [0, 0.05) is 12.6 Å². The first-order chi connectivity index (χ1) is 9.45. The van der Waals surface area contributed by atoms with Crippen LogP contribution < -0.4 is 0 Å². The number of aliphatic imine (C=N–C) groups is 1. The fraction of sp³-hybridized carbons (Fsp3) is 0.0556. The summed E-state index contributed by atoms with van der Waals surface area (Å²) in [5.74, 6) is 0. The van der Waals surface area contributed by atoms with Crippen LogP contribution in [0, 0.1) is 0 Å². The smallest absolute Gasteiger partial charge is 0.0625 e. The summed E-state index contributed by atoms with van der Waals surface area (Å²) in [7, 11) is 0. The molecule has 2 aromatic carbocycles. The molecule has 2 rings (SSSR count). The predicted octanol–water partition coefficient (Wildman–Crippen LogP) is 5.05. The first-order valence-corrected chi connectivity index (χ1v) is 6.41. The number of rotatable bonds is 5. The zero-order chi connectivity index (χ0) is 13.2. The number of para-hydroxylation sites is 1. The number of hydrogen-bond acceptors (Lipinski definition) is 1. The Balaban J connectivity index is 1.75. The zero-order valence-electron chi connectivity index (χ0n) is 10.8. The molecule has 0 spiro atoms. The number of nitrogens with zero attached hydrogens (tertiary/aromatic N) is 1. The van der Waals surface area contributed by atoms with Gasteiger partial charge < -0.3 is 0 Å². The molecule has 0 aliphatic rings. The van der Waals surface area contributed by atoms with Crippen molar-refractivity contribution in [1.82, 2.24) is 0 Å². The normalized spacial score (nSPS) is 11.8. The van der Waals surface area contributed by atoms with Gasteiger partial charge >= 0.3 is 0 Å². The highest BCUT2D eigenvalue weighted by Crippen LogP contribution is 2.08. The quantitative estimate of drug-likeness (QED) is 0.518. The molecule has 0 unspecified atom stereocenters. The molecule has 1 heteroatoms. The minimum Gasteiger partial charge on any atom is -0.261 e. The topological polar surface area (TPSA) is 12.4 Å². The summed E-state index contributed by atoms with van der Waals surface area (Å²) in [4.78, 5) is 4.36. The molecule has 19 heavy (non-hydrogen) atoms. The second kappa shape index (κ2) is 7.83. The van der Waals surface area contributed by atoms with E-state index in [-0.39, 0.29) is 0 Å². The zero-order valence-corrected chi connectivity index (χ0v) is 10.8. The van der Waals surface area contributed by atoms with Gasteiger partial charge in [0.25, 0.3) is 0 Å². The first kappa shape index (κ1) is 13.0. The van der Waals surface area contributed by atoms with Crippen LogP contribution in [0.2, 0.25) is 0 Å². The van der Waals surface area contributed by atoms with Gasteiger partial charge in [-0.1, -0.05) is 72.8 Å². The Morgan fingerprint density at radius 1 is 0.789 bits per heavy atom. The lowest BCUT2D eigenvalue weighted by atomic mass is 10.2. The SMILES string of the molecule is C(C=Cc1ccccc1)=CCC=Nc1ccccc1. The van der Waals surface area contributed by atoms with Crippen LogP contribution in [0.5, 0.6) is 0 Å². The summed E-state index contributed by atoms with van der Waals surface area (Å²) in [6, 6.07) is 20.2. The van der Waals surface area contributed by atoms with E-state index in [2.05, 4.69) is 29.3 Å². The Hall–Kier alpha value is -2.41. The van der Waals surface area contributed by atoms with Crippen molar-refractivity contribution in [3.8, 4) is 0 Å². The van der Waals surface area contributed by atoms with Gasteiger partial charge in [-0.3, -0.25) is 4.99 Å². The second-order valence-corrected chi connectivity index (χ2v) is 4.08. The monoisotopic (exact) mass is 247 g/mol. The maximum atomic E-state index is 4.36. The Kier molecular flexibility index (Phi) is 5.37. The fourth-order valence-electron chi connectivity index (χ4n) is 1.62. The molecule has 0 N–H and O–H groups in total. The summed E-state index contributed by atoms with van der Waals surface area (Å²) in [5, 5.41) is 0.